The quantitative estimate of drug-likeness (QED) is 0.403. The molecule has 1 heterocycles. The summed E-state index contributed by atoms with van der Waals surface area (Å²) in [7, 11) is 0. The van der Waals surface area contributed by atoms with Crippen molar-refractivity contribution >= 4 is 34.1 Å². The Morgan fingerprint density at radius 2 is 1.83 bits per heavy atom. The van der Waals surface area contributed by atoms with E-state index in [1.165, 1.54) is 0 Å². The molecule has 4 nitrogen and oxygen atoms in total. The summed E-state index contributed by atoms with van der Waals surface area (Å²) in [6.07, 6.45) is 0. The number of rotatable bonds is 5. The Labute approximate surface area is 180 Å². The highest BCUT2D eigenvalue weighted by Gasteiger charge is 2.13. The third-order valence-corrected chi connectivity index (χ3v) is 5.24. The Kier molecular flexibility index (Phi) is 5.68. The molecule has 0 bridgehead atoms. The molecule has 0 saturated carbocycles. The molecule has 4 rings (SSSR count). The maximum absolute atomic E-state index is 12.8. The van der Waals surface area contributed by atoms with Crippen LogP contribution in [0, 0.1) is 6.92 Å². The molecule has 0 unspecified atom stereocenters. The van der Waals surface area contributed by atoms with Crippen molar-refractivity contribution in [3.63, 3.8) is 0 Å². The van der Waals surface area contributed by atoms with Gasteiger partial charge in [-0.15, -0.1) is 0 Å². The first-order valence-electron chi connectivity index (χ1n) is 9.75. The number of pyridine rings is 1. The lowest BCUT2D eigenvalue weighted by Gasteiger charge is -2.12. The van der Waals surface area contributed by atoms with E-state index in [-0.39, 0.29) is 5.91 Å². The zero-order valence-corrected chi connectivity index (χ0v) is 17.5. The second-order valence-corrected chi connectivity index (χ2v) is 7.36. The van der Waals surface area contributed by atoms with Crippen LogP contribution in [0.3, 0.4) is 0 Å². The van der Waals surface area contributed by atoms with Crippen LogP contribution in [0.5, 0.6) is 5.75 Å². The number of aryl methyl sites for hydroxylation is 1. The lowest BCUT2D eigenvalue weighted by molar-refractivity contribution is 0.102. The summed E-state index contributed by atoms with van der Waals surface area (Å²) in [5, 5.41) is 4.31. The summed E-state index contributed by atoms with van der Waals surface area (Å²) in [5.41, 5.74) is 4.75. The Balaban J connectivity index is 1.71. The van der Waals surface area contributed by atoms with Gasteiger partial charge in [0.05, 0.1) is 17.8 Å². The van der Waals surface area contributed by atoms with Gasteiger partial charge in [-0.05, 0) is 49.7 Å². The molecule has 0 fully saturated rings. The Morgan fingerprint density at radius 1 is 1.03 bits per heavy atom. The van der Waals surface area contributed by atoms with Crippen LogP contribution in [0.4, 0.5) is 5.69 Å². The fourth-order valence-electron chi connectivity index (χ4n) is 3.24. The molecule has 30 heavy (non-hydrogen) atoms. The molecule has 0 aliphatic heterocycles. The minimum absolute atomic E-state index is 0.216. The second kappa shape index (κ2) is 8.56. The number of hydrogen-bond donors (Lipinski definition) is 1. The SMILES string of the molecule is CCOc1cc(-c2ccccc2)nc2ccc(C(=O)Nc3ccc(C)c(Cl)c3)cc12. The van der Waals surface area contributed by atoms with Crippen LogP contribution in [0.25, 0.3) is 22.2 Å². The average molecular weight is 417 g/mol. The summed E-state index contributed by atoms with van der Waals surface area (Å²) in [6.45, 7) is 4.38. The van der Waals surface area contributed by atoms with Gasteiger partial charge >= 0.3 is 0 Å². The molecular formula is C25H21ClN2O2. The predicted molar refractivity (Wildman–Crippen MR) is 122 cm³/mol. The molecule has 1 N–H and O–H groups in total. The topological polar surface area (TPSA) is 51.2 Å². The highest BCUT2D eigenvalue weighted by molar-refractivity contribution is 6.31. The number of benzene rings is 3. The summed E-state index contributed by atoms with van der Waals surface area (Å²) in [4.78, 5) is 17.6. The number of amides is 1. The fraction of sp³-hybridized carbons (Fsp3) is 0.120. The summed E-state index contributed by atoms with van der Waals surface area (Å²) in [5.74, 6) is 0.487. The Bertz CT molecular complexity index is 1220. The standard InChI is InChI=1S/C25H21ClN2O2/c1-3-30-24-15-23(17-7-5-4-6-8-17)28-22-12-10-18(13-20(22)24)25(29)27-19-11-9-16(2)21(26)14-19/h4-15H,3H2,1-2H3,(H,27,29). The van der Waals surface area contributed by atoms with E-state index in [1.807, 2.05) is 74.5 Å². The third kappa shape index (κ3) is 4.14. The molecule has 0 spiro atoms. The van der Waals surface area contributed by atoms with E-state index in [0.29, 0.717) is 28.6 Å². The van der Waals surface area contributed by atoms with E-state index >= 15 is 0 Å². The maximum Gasteiger partial charge on any atom is 0.255 e. The van der Waals surface area contributed by atoms with Crippen LogP contribution in [0.2, 0.25) is 5.02 Å². The number of nitrogens with zero attached hydrogens (tertiary/aromatic N) is 1. The Morgan fingerprint density at radius 3 is 2.57 bits per heavy atom. The maximum atomic E-state index is 12.8. The molecule has 3 aromatic carbocycles. The summed E-state index contributed by atoms with van der Waals surface area (Å²) < 4.78 is 5.87. The number of fused-ring (bicyclic) bond motifs is 1. The number of nitrogens with one attached hydrogen (secondary N) is 1. The summed E-state index contributed by atoms with van der Waals surface area (Å²) >= 11 is 6.17. The van der Waals surface area contributed by atoms with Gasteiger partial charge in [-0.2, -0.15) is 0 Å². The van der Waals surface area contributed by atoms with Gasteiger partial charge in [0.25, 0.3) is 5.91 Å². The molecule has 1 aromatic heterocycles. The van der Waals surface area contributed by atoms with Gasteiger partial charge in [0.1, 0.15) is 5.75 Å². The first-order chi connectivity index (χ1) is 14.5. The molecule has 5 heteroatoms. The van der Waals surface area contributed by atoms with Crippen LogP contribution in [0.1, 0.15) is 22.8 Å². The van der Waals surface area contributed by atoms with Crippen molar-refractivity contribution in [3.05, 3.63) is 88.9 Å². The van der Waals surface area contributed by atoms with Crippen LogP contribution in [0.15, 0.2) is 72.8 Å². The molecule has 1 amide bonds. The monoisotopic (exact) mass is 416 g/mol. The van der Waals surface area contributed by atoms with Crippen molar-refractivity contribution in [1.82, 2.24) is 4.98 Å². The minimum atomic E-state index is -0.216. The number of carbonyl (C=O) groups excluding carboxylic acids is 1. The number of hydrogen-bond acceptors (Lipinski definition) is 3. The summed E-state index contributed by atoms with van der Waals surface area (Å²) in [6, 6.07) is 22.8. The molecule has 0 radical (unpaired) electrons. The lowest BCUT2D eigenvalue weighted by atomic mass is 10.1. The fourth-order valence-corrected chi connectivity index (χ4v) is 3.42. The van der Waals surface area contributed by atoms with Crippen molar-refractivity contribution in [3.8, 4) is 17.0 Å². The van der Waals surface area contributed by atoms with Crippen LogP contribution < -0.4 is 10.1 Å². The smallest absolute Gasteiger partial charge is 0.255 e. The van der Waals surface area contributed by atoms with Crippen LogP contribution in [-0.4, -0.2) is 17.5 Å². The largest absolute Gasteiger partial charge is 0.493 e. The van der Waals surface area contributed by atoms with E-state index < -0.39 is 0 Å². The van der Waals surface area contributed by atoms with Crippen molar-refractivity contribution in [2.24, 2.45) is 0 Å². The van der Waals surface area contributed by atoms with Gasteiger partial charge in [0.2, 0.25) is 0 Å². The highest BCUT2D eigenvalue weighted by atomic mass is 35.5. The van der Waals surface area contributed by atoms with Crippen molar-refractivity contribution in [2.75, 3.05) is 11.9 Å². The number of ether oxygens (including phenoxy) is 1. The number of carbonyl (C=O) groups is 1. The van der Waals surface area contributed by atoms with Gasteiger partial charge in [-0.3, -0.25) is 4.79 Å². The normalized spacial score (nSPS) is 10.8. The van der Waals surface area contributed by atoms with Crippen molar-refractivity contribution < 1.29 is 9.53 Å². The molecular weight excluding hydrogens is 396 g/mol. The third-order valence-electron chi connectivity index (χ3n) is 4.83. The number of halogens is 1. The minimum Gasteiger partial charge on any atom is -0.493 e. The number of anilines is 1. The molecule has 0 saturated heterocycles. The van der Waals surface area contributed by atoms with Gasteiger partial charge in [0.15, 0.2) is 0 Å². The predicted octanol–water partition coefficient (Wildman–Crippen LogP) is 6.51. The van der Waals surface area contributed by atoms with Gasteiger partial charge in [-0.1, -0.05) is 48.0 Å². The molecule has 0 aliphatic carbocycles. The van der Waals surface area contributed by atoms with E-state index in [2.05, 4.69) is 5.32 Å². The Hall–Kier alpha value is -3.37. The second-order valence-electron chi connectivity index (χ2n) is 6.95. The highest BCUT2D eigenvalue weighted by Crippen LogP contribution is 2.31. The van der Waals surface area contributed by atoms with Crippen molar-refractivity contribution in [2.45, 2.75) is 13.8 Å². The van der Waals surface area contributed by atoms with Gasteiger partial charge in [0, 0.05) is 33.3 Å². The molecule has 150 valence electrons. The average Bonchev–Trinajstić information content (AvgIpc) is 2.76. The van der Waals surface area contributed by atoms with Crippen LogP contribution in [-0.2, 0) is 0 Å². The first kappa shape index (κ1) is 19.9. The van der Waals surface area contributed by atoms with Crippen LogP contribution >= 0.6 is 11.6 Å². The van der Waals surface area contributed by atoms with Gasteiger partial charge in [-0.25, -0.2) is 4.98 Å². The zero-order valence-electron chi connectivity index (χ0n) is 16.8. The molecule has 4 aromatic rings. The first-order valence-corrected chi connectivity index (χ1v) is 10.1. The van der Waals surface area contributed by atoms with Crippen molar-refractivity contribution in [1.29, 1.82) is 0 Å². The van der Waals surface area contributed by atoms with E-state index in [1.54, 1.807) is 12.1 Å². The van der Waals surface area contributed by atoms with E-state index in [0.717, 1.165) is 27.7 Å². The van der Waals surface area contributed by atoms with Gasteiger partial charge < -0.3 is 10.1 Å². The van der Waals surface area contributed by atoms with E-state index in [4.69, 9.17) is 21.3 Å². The van der Waals surface area contributed by atoms with E-state index in [9.17, 15) is 4.79 Å². The molecule has 0 atom stereocenters. The lowest BCUT2D eigenvalue weighted by Crippen LogP contribution is -2.12. The zero-order chi connectivity index (χ0) is 21.1. The molecule has 0 aliphatic rings. The number of aromatic nitrogens is 1.